The van der Waals surface area contributed by atoms with Crippen molar-refractivity contribution in [2.75, 3.05) is 24.7 Å². The van der Waals surface area contributed by atoms with Crippen molar-refractivity contribution < 1.29 is 4.74 Å². The lowest BCUT2D eigenvalue weighted by Crippen LogP contribution is -2.53. The van der Waals surface area contributed by atoms with Crippen molar-refractivity contribution >= 4 is 23.1 Å². The highest BCUT2D eigenvalue weighted by molar-refractivity contribution is 6.31. The van der Waals surface area contributed by atoms with Crippen molar-refractivity contribution in [1.29, 1.82) is 5.41 Å². The molecular formula is C13H18ClN3O. The Hall–Kier alpha value is -1.26. The van der Waals surface area contributed by atoms with Gasteiger partial charge in [-0.25, -0.2) is 0 Å². The maximum atomic E-state index is 7.67. The molecule has 3 N–H and O–H groups in total. The number of nitrogens with zero attached hydrogens (tertiary/aromatic N) is 1. The Balaban J connectivity index is 2.48. The van der Waals surface area contributed by atoms with E-state index in [9.17, 15) is 0 Å². The van der Waals surface area contributed by atoms with Crippen LogP contribution in [-0.2, 0) is 4.74 Å². The molecule has 18 heavy (non-hydrogen) atoms. The molecule has 4 nitrogen and oxygen atoms in total. The summed E-state index contributed by atoms with van der Waals surface area (Å²) in [5.74, 6) is 0.0592. The first kappa shape index (κ1) is 13.2. The van der Waals surface area contributed by atoms with E-state index in [1.165, 1.54) is 0 Å². The average molecular weight is 268 g/mol. The van der Waals surface area contributed by atoms with Gasteiger partial charge < -0.3 is 15.4 Å². The highest BCUT2D eigenvalue weighted by atomic mass is 35.5. The monoisotopic (exact) mass is 267 g/mol. The second-order valence-corrected chi connectivity index (χ2v) is 5.53. The molecular weight excluding hydrogens is 250 g/mol. The summed E-state index contributed by atoms with van der Waals surface area (Å²) in [4.78, 5) is 2.21. The van der Waals surface area contributed by atoms with Gasteiger partial charge in [-0.3, -0.25) is 5.41 Å². The fourth-order valence-corrected chi connectivity index (χ4v) is 2.43. The molecule has 1 aromatic carbocycles. The lowest BCUT2D eigenvalue weighted by molar-refractivity contribution is 0.0644. The summed E-state index contributed by atoms with van der Waals surface area (Å²) < 4.78 is 5.51. The van der Waals surface area contributed by atoms with Gasteiger partial charge in [0.25, 0.3) is 0 Å². The zero-order valence-corrected chi connectivity index (χ0v) is 11.4. The summed E-state index contributed by atoms with van der Waals surface area (Å²) in [5.41, 5.74) is 7.13. The van der Waals surface area contributed by atoms with Gasteiger partial charge in [0.1, 0.15) is 5.84 Å². The fourth-order valence-electron chi connectivity index (χ4n) is 2.26. The first-order valence-electron chi connectivity index (χ1n) is 5.91. The molecule has 0 aromatic heterocycles. The lowest BCUT2D eigenvalue weighted by Gasteiger charge is -2.44. The van der Waals surface area contributed by atoms with Gasteiger partial charge >= 0.3 is 0 Å². The molecule has 0 aliphatic carbocycles. The van der Waals surface area contributed by atoms with E-state index in [4.69, 9.17) is 27.5 Å². The molecule has 0 radical (unpaired) electrons. The van der Waals surface area contributed by atoms with E-state index >= 15 is 0 Å². The van der Waals surface area contributed by atoms with E-state index in [1.54, 1.807) is 12.1 Å². The van der Waals surface area contributed by atoms with Crippen molar-refractivity contribution in [3.05, 3.63) is 28.8 Å². The number of nitrogens with two attached hydrogens (primary N) is 1. The second kappa shape index (κ2) is 4.78. The maximum Gasteiger partial charge on any atom is 0.124 e. The van der Waals surface area contributed by atoms with Gasteiger partial charge in [0, 0.05) is 22.8 Å². The summed E-state index contributed by atoms with van der Waals surface area (Å²) in [6.07, 6.45) is 0. The molecule has 1 fully saturated rings. The first-order valence-corrected chi connectivity index (χ1v) is 6.29. The van der Waals surface area contributed by atoms with Crippen LogP contribution in [0, 0.1) is 5.41 Å². The summed E-state index contributed by atoms with van der Waals surface area (Å²) in [5, 5.41) is 8.32. The standard InChI is InChI=1S/C13H18ClN3O/c1-13(2)8-18-6-5-17(13)11-7-9(14)3-4-10(11)12(15)16/h3-4,7H,5-6,8H2,1-2H3,(H3,15,16). The van der Waals surface area contributed by atoms with E-state index in [0.717, 1.165) is 17.8 Å². The molecule has 0 atom stereocenters. The van der Waals surface area contributed by atoms with E-state index < -0.39 is 0 Å². The molecule has 0 spiro atoms. The Kier molecular flexibility index (Phi) is 3.50. The number of halogens is 1. The predicted octanol–water partition coefficient (Wildman–Crippen LogP) is 2.24. The van der Waals surface area contributed by atoms with Gasteiger partial charge in [0.15, 0.2) is 0 Å². The Labute approximate surface area is 112 Å². The number of benzene rings is 1. The molecule has 0 unspecified atom stereocenters. The van der Waals surface area contributed by atoms with Crippen molar-refractivity contribution in [3.63, 3.8) is 0 Å². The largest absolute Gasteiger partial charge is 0.384 e. The Morgan fingerprint density at radius 1 is 1.50 bits per heavy atom. The SMILES string of the molecule is CC1(C)COCCN1c1cc(Cl)ccc1C(=N)N. The number of nitrogens with one attached hydrogen (secondary N) is 1. The first-order chi connectivity index (χ1) is 8.42. The van der Waals surface area contributed by atoms with Gasteiger partial charge in [-0.05, 0) is 32.0 Å². The number of hydrogen-bond donors (Lipinski definition) is 2. The quantitative estimate of drug-likeness (QED) is 0.638. The molecule has 0 saturated carbocycles. The summed E-state index contributed by atoms with van der Waals surface area (Å²) in [6.45, 7) is 6.31. The number of rotatable bonds is 2. The van der Waals surface area contributed by atoms with Crippen LogP contribution in [0.3, 0.4) is 0 Å². The zero-order chi connectivity index (χ0) is 13.3. The van der Waals surface area contributed by atoms with Crippen LogP contribution in [0.4, 0.5) is 5.69 Å². The second-order valence-electron chi connectivity index (χ2n) is 5.09. The average Bonchev–Trinajstić information content (AvgIpc) is 2.27. The minimum Gasteiger partial charge on any atom is -0.384 e. The van der Waals surface area contributed by atoms with Crippen LogP contribution in [-0.4, -0.2) is 31.1 Å². The molecule has 1 heterocycles. The molecule has 0 amide bonds. The van der Waals surface area contributed by atoms with E-state index in [2.05, 4.69) is 18.7 Å². The topological polar surface area (TPSA) is 62.3 Å². The number of amidine groups is 1. The number of ether oxygens (including phenoxy) is 1. The van der Waals surface area contributed by atoms with Gasteiger partial charge in [0.05, 0.1) is 18.8 Å². The summed E-state index contributed by atoms with van der Waals surface area (Å²) in [7, 11) is 0. The summed E-state index contributed by atoms with van der Waals surface area (Å²) >= 11 is 6.06. The molecule has 5 heteroatoms. The van der Waals surface area contributed by atoms with Gasteiger partial charge in [-0.1, -0.05) is 11.6 Å². The summed E-state index contributed by atoms with van der Waals surface area (Å²) in [6, 6.07) is 5.42. The normalized spacial score (nSPS) is 18.7. The zero-order valence-electron chi connectivity index (χ0n) is 10.7. The van der Waals surface area contributed by atoms with Crippen LogP contribution in [0.15, 0.2) is 18.2 Å². The van der Waals surface area contributed by atoms with Gasteiger partial charge in [-0.2, -0.15) is 0 Å². The van der Waals surface area contributed by atoms with Crippen LogP contribution in [0.25, 0.3) is 0 Å². The minimum atomic E-state index is -0.132. The third-order valence-electron chi connectivity index (χ3n) is 3.19. The third-order valence-corrected chi connectivity index (χ3v) is 3.42. The number of anilines is 1. The van der Waals surface area contributed by atoms with Crippen molar-refractivity contribution in [2.45, 2.75) is 19.4 Å². The Bertz CT molecular complexity index is 473. The van der Waals surface area contributed by atoms with Gasteiger partial charge in [0.2, 0.25) is 0 Å². The molecule has 1 aliphatic heterocycles. The number of nitrogen functional groups attached to an aromatic ring is 1. The molecule has 1 saturated heterocycles. The van der Waals surface area contributed by atoms with Crippen LogP contribution in [0.2, 0.25) is 5.02 Å². The smallest absolute Gasteiger partial charge is 0.124 e. The van der Waals surface area contributed by atoms with Crippen LogP contribution < -0.4 is 10.6 Å². The van der Waals surface area contributed by atoms with Crippen molar-refractivity contribution in [3.8, 4) is 0 Å². The van der Waals surface area contributed by atoms with Crippen molar-refractivity contribution in [1.82, 2.24) is 0 Å². The highest BCUT2D eigenvalue weighted by Crippen LogP contribution is 2.31. The van der Waals surface area contributed by atoms with E-state index in [0.29, 0.717) is 18.2 Å². The molecule has 2 rings (SSSR count). The number of hydrogen-bond acceptors (Lipinski definition) is 3. The van der Waals surface area contributed by atoms with Gasteiger partial charge in [-0.15, -0.1) is 0 Å². The fraction of sp³-hybridized carbons (Fsp3) is 0.462. The molecule has 0 bridgehead atoms. The predicted molar refractivity (Wildman–Crippen MR) is 74.7 cm³/mol. The van der Waals surface area contributed by atoms with E-state index in [-0.39, 0.29) is 11.4 Å². The Morgan fingerprint density at radius 3 is 2.83 bits per heavy atom. The van der Waals surface area contributed by atoms with Crippen molar-refractivity contribution in [2.24, 2.45) is 5.73 Å². The lowest BCUT2D eigenvalue weighted by atomic mass is 9.99. The Morgan fingerprint density at radius 2 is 2.22 bits per heavy atom. The minimum absolute atomic E-state index is 0.0592. The molecule has 1 aromatic rings. The highest BCUT2D eigenvalue weighted by Gasteiger charge is 2.32. The van der Waals surface area contributed by atoms with Crippen LogP contribution >= 0.6 is 11.6 Å². The molecule has 98 valence electrons. The maximum absolute atomic E-state index is 7.67. The third kappa shape index (κ3) is 2.44. The van der Waals surface area contributed by atoms with Crippen LogP contribution in [0.1, 0.15) is 19.4 Å². The van der Waals surface area contributed by atoms with E-state index in [1.807, 2.05) is 6.07 Å². The molecule has 1 aliphatic rings. The number of morpholine rings is 1. The van der Waals surface area contributed by atoms with Crippen LogP contribution in [0.5, 0.6) is 0 Å².